The summed E-state index contributed by atoms with van der Waals surface area (Å²) in [7, 11) is 0. The van der Waals surface area contributed by atoms with Crippen molar-refractivity contribution in [3.63, 3.8) is 0 Å². The fourth-order valence-electron chi connectivity index (χ4n) is 6.97. The Hall–Kier alpha value is -0.410. The van der Waals surface area contributed by atoms with Gasteiger partial charge in [0.05, 0.1) is 12.2 Å². The van der Waals surface area contributed by atoms with Gasteiger partial charge in [-0.25, -0.2) is 0 Å². The second-order valence-corrected chi connectivity index (χ2v) is 9.14. The van der Waals surface area contributed by atoms with Crippen molar-refractivity contribution in [1.82, 2.24) is 0 Å². The molecule has 0 saturated heterocycles. The van der Waals surface area contributed by atoms with Crippen LogP contribution in [0.2, 0.25) is 0 Å². The van der Waals surface area contributed by atoms with Gasteiger partial charge in [0.1, 0.15) is 5.78 Å². The SMILES string of the molecule is C[C@]12CC[C@@H](O)CC1C[C@H](O)[C@@H]1[C@@H]2CC[C@]2(C)C(=O)CC[C@@H]12. The number of Topliss-reactive ketones (excluding diaryl/α,β-unsaturated/α-hetero) is 1. The van der Waals surface area contributed by atoms with E-state index in [1.54, 1.807) is 0 Å². The van der Waals surface area contributed by atoms with Gasteiger partial charge >= 0.3 is 0 Å². The number of hydrogen-bond donors (Lipinski definition) is 2. The largest absolute Gasteiger partial charge is 0.393 e. The van der Waals surface area contributed by atoms with Crippen molar-refractivity contribution < 1.29 is 15.0 Å². The molecule has 0 amide bonds. The monoisotopic (exact) mass is 306 g/mol. The average molecular weight is 306 g/mol. The highest BCUT2D eigenvalue weighted by Gasteiger charge is 2.62. The molecule has 0 aliphatic heterocycles. The summed E-state index contributed by atoms with van der Waals surface area (Å²) in [6, 6.07) is 0. The van der Waals surface area contributed by atoms with Crippen molar-refractivity contribution in [1.29, 1.82) is 0 Å². The van der Waals surface area contributed by atoms with Crippen molar-refractivity contribution in [3.8, 4) is 0 Å². The Morgan fingerprint density at radius 1 is 1.00 bits per heavy atom. The standard InChI is InChI=1S/C19H30O3/c1-18-7-5-12(20)9-11(18)10-15(21)17-13-3-4-16(22)19(13,2)8-6-14(17)18/h11-15,17,20-21H,3-10H2,1-2H3/t11?,12-,13+,14+,15+,17+,18+,19+/m1/s1. The van der Waals surface area contributed by atoms with E-state index in [4.69, 9.17) is 0 Å². The lowest BCUT2D eigenvalue weighted by molar-refractivity contribution is -0.171. The first-order chi connectivity index (χ1) is 10.4. The van der Waals surface area contributed by atoms with Crippen LogP contribution in [-0.2, 0) is 4.79 Å². The fraction of sp³-hybridized carbons (Fsp3) is 0.947. The van der Waals surface area contributed by atoms with E-state index >= 15 is 0 Å². The zero-order valence-electron chi connectivity index (χ0n) is 13.9. The molecule has 0 heterocycles. The second-order valence-electron chi connectivity index (χ2n) is 9.14. The third-order valence-electron chi connectivity index (χ3n) is 8.36. The number of fused-ring (bicyclic) bond motifs is 5. The first-order valence-electron chi connectivity index (χ1n) is 9.25. The molecule has 4 aliphatic carbocycles. The van der Waals surface area contributed by atoms with Gasteiger partial charge in [-0.3, -0.25) is 4.79 Å². The topological polar surface area (TPSA) is 57.5 Å². The molecule has 0 spiro atoms. The van der Waals surface area contributed by atoms with E-state index in [9.17, 15) is 15.0 Å². The van der Waals surface area contributed by atoms with E-state index in [1.807, 2.05) is 0 Å². The maximum absolute atomic E-state index is 12.4. The molecule has 4 aliphatic rings. The number of carbonyl (C=O) groups excluding carboxylic acids is 1. The number of rotatable bonds is 0. The Morgan fingerprint density at radius 3 is 2.55 bits per heavy atom. The van der Waals surface area contributed by atoms with Gasteiger partial charge < -0.3 is 10.2 Å². The molecular weight excluding hydrogens is 276 g/mol. The lowest BCUT2D eigenvalue weighted by Gasteiger charge is -2.61. The van der Waals surface area contributed by atoms with E-state index in [-0.39, 0.29) is 23.0 Å². The molecule has 8 atom stereocenters. The number of aliphatic hydroxyl groups is 2. The lowest BCUT2D eigenvalue weighted by Crippen LogP contribution is -2.58. The zero-order chi connectivity index (χ0) is 15.7. The van der Waals surface area contributed by atoms with Crippen LogP contribution < -0.4 is 0 Å². The van der Waals surface area contributed by atoms with Gasteiger partial charge in [0.25, 0.3) is 0 Å². The van der Waals surface area contributed by atoms with Crippen molar-refractivity contribution in [3.05, 3.63) is 0 Å². The van der Waals surface area contributed by atoms with E-state index in [2.05, 4.69) is 13.8 Å². The first kappa shape index (κ1) is 15.1. The Labute approximate surface area is 133 Å². The summed E-state index contributed by atoms with van der Waals surface area (Å²) < 4.78 is 0. The van der Waals surface area contributed by atoms with Crippen molar-refractivity contribution in [2.24, 2.45) is 34.5 Å². The van der Waals surface area contributed by atoms with Crippen molar-refractivity contribution >= 4 is 5.78 Å². The normalized spacial score (nSPS) is 57.9. The van der Waals surface area contributed by atoms with Crippen molar-refractivity contribution in [2.45, 2.75) is 77.4 Å². The summed E-state index contributed by atoms with van der Waals surface area (Å²) in [4.78, 5) is 12.4. The van der Waals surface area contributed by atoms with Gasteiger partial charge in [-0.05, 0) is 74.0 Å². The molecule has 2 N–H and O–H groups in total. The predicted molar refractivity (Wildman–Crippen MR) is 84.1 cm³/mol. The van der Waals surface area contributed by atoms with Crippen LogP contribution in [0, 0.1) is 34.5 Å². The molecule has 0 aromatic heterocycles. The molecule has 0 aromatic rings. The van der Waals surface area contributed by atoms with Gasteiger partial charge in [0.15, 0.2) is 0 Å². The Morgan fingerprint density at radius 2 is 1.77 bits per heavy atom. The molecule has 0 radical (unpaired) electrons. The summed E-state index contributed by atoms with van der Waals surface area (Å²) in [6.07, 6.45) is 7.03. The van der Waals surface area contributed by atoms with Crippen LogP contribution in [0.4, 0.5) is 0 Å². The molecule has 3 nitrogen and oxygen atoms in total. The van der Waals surface area contributed by atoms with Crippen LogP contribution in [0.1, 0.15) is 65.2 Å². The minimum Gasteiger partial charge on any atom is -0.393 e. The van der Waals surface area contributed by atoms with Crippen LogP contribution in [0.5, 0.6) is 0 Å². The van der Waals surface area contributed by atoms with Gasteiger partial charge in [-0.15, -0.1) is 0 Å². The third kappa shape index (κ3) is 1.84. The minimum absolute atomic E-state index is 0.167. The summed E-state index contributed by atoms with van der Waals surface area (Å²) in [5.41, 5.74) is 0.0929. The molecule has 3 heteroatoms. The molecular formula is C19H30O3. The second kappa shape index (κ2) is 4.80. The summed E-state index contributed by atoms with van der Waals surface area (Å²) >= 11 is 0. The molecule has 4 saturated carbocycles. The van der Waals surface area contributed by atoms with Crippen molar-refractivity contribution in [2.75, 3.05) is 0 Å². The summed E-state index contributed by atoms with van der Waals surface area (Å²) in [5, 5.41) is 20.9. The molecule has 4 fully saturated rings. The molecule has 4 rings (SSSR count). The highest BCUT2D eigenvalue weighted by Crippen LogP contribution is 2.65. The zero-order valence-corrected chi connectivity index (χ0v) is 13.9. The highest BCUT2D eigenvalue weighted by molar-refractivity contribution is 5.87. The van der Waals surface area contributed by atoms with Gasteiger partial charge in [-0.2, -0.15) is 0 Å². The van der Waals surface area contributed by atoms with Gasteiger partial charge in [-0.1, -0.05) is 13.8 Å². The molecule has 0 aromatic carbocycles. The average Bonchev–Trinajstić information content (AvgIpc) is 2.77. The molecule has 22 heavy (non-hydrogen) atoms. The Kier molecular flexibility index (Phi) is 3.30. The number of carbonyl (C=O) groups is 1. The minimum atomic E-state index is -0.274. The maximum Gasteiger partial charge on any atom is 0.139 e. The number of aliphatic hydroxyl groups excluding tert-OH is 2. The Bertz CT molecular complexity index is 489. The Balaban J connectivity index is 1.69. The van der Waals surface area contributed by atoms with E-state index in [0.29, 0.717) is 29.5 Å². The molecule has 0 bridgehead atoms. The highest BCUT2D eigenvalue weighted by atomic mass is 16.3. The lowest BCUT2D eigenvalue weighted by atomic mass is 9.44. The van der Waals surface area contributed by atoms with Crippen LogP contribution in [0.15, 0.2) is 0 Å². The predicted octanol–water partition coefficient (Wildman–Crippen LogP) is 2.93. The molecule has 124 valence electrons. The molecule has 1 unspecified atom stereocenters. The maximum atomic E-state index is 12.4. The van der Waals surface area contributed by atoms with Gasteiger partial charge in [0.2, 0.25) is 0 Å². The first-order valence-corrected chi connectivity index (χ1v) is 9.25. The van der Waals surface area contributed by atoms with Crippen LogP contribution in [-0.4, -0.2) is 28.2 Å². The van der Waals surface area contributed by atoms with Crippen LogP contribution in [0.3, 0.4) is 0 Å². The van der Waals surface area contributed by atoms with Crippen LogP contribution in [0.25, 0.3) is 0 Å². The summed E-state index contributed by atoms with van der Waals surface area (Å²) in [5.74, 6) is 2.13. The smallest absolute Gasteiger partial charge is 0.139 e. The third-order valence-corrected chi connectivity index (χ3v) is 8.36. The number of ketones is 1. The summed E-state index contributed by atoms with van der Waals surface area (Å²) in [6.45, 7) is 4.57. The van der Waals surface area contributed by atoms with E-state index < -0.39 is 0 Å². The van der Waals surface area contributed by atoms with Gasteiger partial charge in [0, 0.05) is 11.8 Å². The van der Waals surface area contributed by atoms with Crippen LogP contribution >= 0.6 is 0 Å². The number of hydrogen-bond acceptors (Lipinski definition) is 3. The van der Waals surface area contributed by atoms with E-state index in [1.165, 1.54) is 0 Å². The fourth-order valence-corrected chi connectivity index (χ4v) is 6.97. The quantitative estimate of drug-likeness (QED) is 0.723. The van der Waals surface area contributed by atoms with E-state index in [0.717, 1.165) is 51.4 Å².